The van der Waals surface area contributed by atoms with Gasteiger partial charge in [-0.2, -0.15) is 0 Å². The van der Waals surface area contributed by atoms with Gasteiger partial charge in [-0.1, -0.05) is 42.4 Å². The van der Waals surface area contributed by atoms with Gasteiger partial charge in [0.25, 0.3) is 5.91 Å². The van der Waals surface area contributed by atoms with E-state index in [0.717, 1.165) is 5.56 Å². The maximum atomic E-state index is 12.2. The number of nitrogens with one attached hydrogen (secondary N) is 1. The summed E-state index contributed by atoms with van der Waals surface area (Å²) in [6, 6.07) is 9.20. The molecule has 1 heterocycles. The summed E-state index contributed by atoms with van der Waals surface area (Å²) in [5, 5.41) is 15.3. The molecule has 2 rings (SSSR count). The fourth-order valence-corrected chi connectivity index (χ4v) is 1.85. The molecule has 6 nitrogen and oxygen atoms in total. The van der Waals surface area contributed by atoms with Gasteiger partial charge in [0.1, 0.15) is 17.0 Å². The van der Waals surface area contributed by atoms with Crippen LogP contribution in [-0.2, 0) is 4.79 Å². The van der Waals surface area contributed by atoms with E-state index in [1.54, 1.807) is 6.92 Å². The average molecular weight is 288 g/mol. The predicted molar refractivity (Wildman–Crippen MR) is 75.8 cm³/mol. The Kier molecular flexibility index (Phi) is 4.37. The normalized spacial score (nSPS) is 11.9. The molecule has 0 radical (unpaired) electrons. The van der Waals surface area contributed by atoms with Gasteiger partial charge >= 0.3 is 5.97 Å². The summed E-state index contributed by atoms with van der Waals surface area (Å²) in [6.07, 6.45) is 0. The van der Waals surface area contributed by atoms with Crippen molar-refractivity contribution in [1.82, 2.24) is 10.5 Å². The molecule has 1 aromatic heterocycles. The first kappa shape index (κ1) is 14.8. The van der Waals surface area contributed by atoms with Crippen LogP contribution >= 0.6 is 0 Å². The summed E-state index contributed by atoms with van der Waals surface area (Å²) in [5.41, 5.74) is 1.55. The monoisotopic (exact) mass is 288 g/mol. The first-order chi connectivity index (χ1) is 10.0. The highest BCUT2D eigenvalue weighted by molar-refractivity contribution is 6.00. The van der Waals surface area contributed by atoms with Crippen LogP contribution < -0.4 is 5.32 Å². The van der Waals surface area contributed by atoms with Gasteiger partial charge in [0, 0.05) is 12.1 Å². The Labute approximate surface area is 121 Å². The molecule has 1 atom stereocenters. The van der Waals surface area contributed by atoms with Crippen molar-refractivity contribution in [2.45, 2.75) is 13.8 Å². The minimum atomic E-state index is -0.958. The van der Waals surface area contributed by atoms with Crippen molar-refractivity contribution >= 4 is 11.9 Å². The van der Waals surface area contributed by atoms with Gasteiger partial charge in [0.05, 0.1) is 5.92 Å². The summed E-state index contributed by atoms with van der Waals surface area (Å²) in [4.78, 5) is 23.0. The van der Waals surface area contributed by atoms with Crippen molar-refractivity contribution in [3.05, 3.63) is 41.7 Å². The quantitative estimate of drug-likeness (QED) is 0.879. The molecule has 0 aliphatic heterocycles. The van der Waals surface area contributed by atoms with Gasteiger partial charge in [0.15, 0.2) is 0 Å². The lowest BCUT2D eigenvalue weighted by molar-refractivity contribution is -0.140. The Bertz CT molecular complexity index is 649. The van der Waals surface area contributed by atoms with Gasteiger partial charge in [0.2, 0.25) is 0 Å². The molecule has 0 fully saturated rings. The maximum Gasteiger partial charge on any atom is 0.308 e. The van der Waals surface area contributed by atoms with Crippen LogP contribution in [0.1, 0.15) is 23.0 Å². The van der Waals surface area contributed by atoms with E-state index in [1.807, 2.05) is 30.3 Å². The van der Waals surface area contributed by atoms with E-state index in [9.17, 15) is 9.59 Å². The minimum Gasteiger partial charge on any atom is -0.481 e. The number of carboxylic acid groups (broad SMARTS) is 1. The molecule has 1 aromatic carbocycles. The van der Waals surface area contributed by atoms with Gasteiger partial charge in [-0.3, -0.25) is 9.59 Å². The number of rotatable bonds is 5. The topological polar surface area (TPSA) is 92.4 Å². The Hall–Kier alpha value is -2.63. The van der Waals surface area contributed by atoms with Crippen LogP contribution in [0, 0.1) is 12.8 Å². The molecule has 2 N–H and O–H groups in total. The smallest absolute Gasteiger partial charge is 0.308 e. The van der Waals surface area contributed by atoms with E-state index in [1.165, 1.54) is 6.92 Å². The van der Waals surface area contributed by atoms with E-state index < -0.39 is 11.9 Å². The van der Waals surface area contributed by atoms with Crippen LogP contribution in [0.15, 0.2) is 34.9 Å². The number of aryl methyl sites for hydroxylation is 1. The molecule has 0 spiro atoms. The van der Waals surface area contributed by atoms with Crippen molar-refractivity contribution in [2.75, 3.05) is 6.54 Å². The molecule has 0 bridgehead atoms. The van der Waals surface area contributed by atoms with Gasteiger partial charge < -0.3 is 14.9 Å². The lowest BCUT2D eigenvalue weighted by Gasteiger charge is -2.08. The minimum absolute atomic E-state index is 0.0486. The molecule has 21 heavy (non-hydrogen) atoms. The lowest BCUT2D eigenvalue weighted by atomic mass is 10.1. The molecule has 0 saturated heterocycles. The number of hydrogen-bond acceptors (Lipinski definition) is 4. The first-order valence-electron chi connectivity index (χ1n) is 6.53. The Morgan fingerprint density at radius 1 is 1.33 bits per heavy atom. The SMILES string of the molecule is Cc1onc(-c2ccccc2)c1C(=O)NCC(C)C(=O)O. The summed E-state index contributed by atoms with van der Waals surface area (Å²) < 4.78 is 5.10. The number of carboxylic acids is 1. The second-order valence-electron chi connectivity index (χ2n) is 4.78. The Morgan fingerprint density at radius 3 is 2.62 bits per heavy atom. The number of carbonyl (C=O) groups is 2. The van der Waals surface area contributed by atoms with E-state index in [0.29, 0.717) is 17.0 Å². The number of benzene rings is 1. The van der Waals surface area contributed by atoms with Crippen LogP contribution in [0.3, 0.4) is 0 Å². The largest absolute Gasteiger partial charge is 0.481 e. The summed E-state index contributed by atoms with van der Waals surface area (Å²) in [7, 11) is 0. The highest BCUT2D eigenvalue weighted by atomic mass is 16.5. The van der Waals surface area contributed by atoms with E-state index >= 15 is 0 Å². The molecule has 0 aliphatic rings. The zero-order valence-corrected chi connectivity index (χ0v) is 11.8. The van der Waals surface area contributed by atoms with Gasteiger partial charge in [-0.05, 0) is 6.92 Å². The molecule has 110 valence electrons. The van der Waals surface area contributed by atoms with Crippen molar-refractivity contribution in [1.29, 1.82) is 0 Å². The fourth-order valence-electron chi connectivity index (χ4n) is 1.85. The molecule has 1 unspecified atom stereocenters. The summed E-state index contributed by atoms with van der Waals surface area (Å²) >= 11 is 0. The Morgan fingerprint density at radius 2 is 2.00 bits per heavy atom. The number of aromatic nitrogens is 1. The van der Waals surface area contributed by atoms with Crippen molar-refractivity contribution in [2.24, 2.45) is 5.92 Å². The first-order valence-corrected chi connectivity index (χ1v) is 6.53. The van der Waals surface area contributed by atoms with E-state index in [-0.39, 0.29) is 12.5 Å². The van der Waals surface area contributed by atoms with Gasteiger partial charge in [-0.15, -0.1) is 0 Å². The average Bonchev–Trinajstić information content (AvgIpc) is 2.87. The molecule has 1 amide bonds. The number of hydrogen-bond donors (Lipinski definition) is 2. The molecule has 0 saturated carbocycles. The highest BCUT2D eigenvalue weighted by Crippen LogP contribution is 2.24. The maximum absolute atomic E-state index is 12.2. The zero-order valence-electron chi connectivity index (χ0n) is 11.8. The molecular weight excluding hydrogens is 272 g/mol. The van der Waals surface area contributed by atoms with Crippen molar-refractivity contribution < 1.29 is 19.2 Å². The standard InChI is InChI=1S/C15H16N2O4/c1-9(15(19)20)8-16-14(18)12-10(2)21-17-13(12)11-6-4-3-5-7-11/h3-7,9H,8H2,1-2H3,(H,16,18)(H,19,20). The van der Waals surface area contributed by atoms with E-state index in [4.69, 9.17) is 9.63 Å². The predicted octanol–water partition coefficient (Wildman–Crippen LogP) is 2.10. The van der Waals surface area contributed by atoms with Crippen molar-refractivity contribution in [3.8, 4) is 11.3 Å². The lowest BCUT2D eigenvalue weighted by Crippen LogP contribution is -2.31. The van der Waals surface area contributed by atoms with E-state index in [2.05, 4.69) is 10.5 Å². The molecule has 0 aliphatic carbocycles. The second kappa shape index (κ2) is 6.21. The fraction of sp³-hybridized carbons (Fsp3) is 0.267. The van der Waals surface area contributed by atoms with Crippen LogP contribution in [0.4, 0.5) is 0 Å². The number of aliphatic carboxylic acids is 1. The highest BCUT2D eigenvalue weighted by Gasteiger charge is 2.22. The van der Waals surface area contributed by atoms with Crippen molar-refractivity contribution in [3.63, 3.8) is 0 Å². The molecule has 2 aromatic rings. The van der Waals surface area contributed by atoms with Crippen LogP contribution in [0.2, 0.25) is 0 Å². The number of nitrogens with zero attached hydrogens (tertiary/aromatic N) is 1. The third kappa shape index (κ3) is 3.28. The second-order valence-corrected chi connectivity index (χ2v) is 4.78. The summed E-state index contributed by atoms with van der Waals surface area (Å²) in [5.74, 6) is -1.61. The Balaban J connectivity index is 2.22. The number of amides is 1. The molecular formula is C15H16N2O4. The summed E-state index contributed by atoms with van der Waals surface area (Å²) in [6.45, 7) is 3.23. The zero-order chi connectivity index (χ0) is 15.4. The van der Waals surface area contributed by atoms with Crippen LogP contribution in [0.5, 0.6) is 0 Å². The van der Waals surface area contributed by atoms with Crippen LogP contribution in [0.25, 0.3) is 11.3 Å². The van der Waals surface area contributed by atoms with Gasteiger partial charge in [-0.25, -0.2) is 0 Å². The number of carbonyl (C=O) groups excluding carboxylic acids is 1. The van der Waals surface area contributed by atoms with Crippen LogP contribution in [-0.4, -0.2) is 28.7 Å². The third-order valence-corrected chi connectivity index (χ3v) is 3.13. The third-order valence-electron chi connectivity index (χ3n) is 3.13. The molecule has 6 heteroatoms.